The van der Waals surface area contributed by atoms with E-state index in [0.717, 1.165) is 38.3 Å². The van der Waals surface area contributed by atoms with Crippen molar-refractivity contribution in [3.8, 4) is 5.75 Å². The van der Waals surface area contributed by atoms with Crippen LogP contribution in [0.1, 0.15) is 41.6 Å². The minimum Gasteiger partial charge on any atom is -0.489 e. The Balaban J connectivity index is 1.30. The second-order valence-electron chi connectivity index (χ2n) is 9.65. The summed E-state index contributed by atoms with van der Waals surface area (Å²) in [4.78, 5) is 5.12. The zero-order valence-corrected chi connectivity index (χ0v) is 19.1. The van der Waals surface area contributed by atoms with Crippen LogP contribution in [0.15, 0.2) is 42.5 Å². The first kappa shape index (κ1) is 21.0. The summed E-state index contributed by atoms with van der Waals surface area (Å²) in [5.41, 5.74) is 5.41. The highest BCUT2D eigenvalue weighted by molar-refractivity contribution is 5.40. The van der Waals surface area contributed by atoms with E-state index in [4.69, 9.17) is 4.74 Å². The Bertz CT molecular complexity index is 891. The smallest absolute Gasteiger partial charge is 0.120 e. The van der Waals surface area contributed by atoms with E-state index in [9.17, 15) is 0 Å². The van der Waals surface area contributed by atoms with Gasteiger partial charge in [0.15, 0.2) is 0 Å². The molecule has 31 heavy (non-hydrogen) atoms. The van der Waals surface area contributed by atoms with Crippen molar-refractivity contribution in [3.63, 3.8) is 0 Å². The molecule has 5 nitrogen and oxygen atoms in total. The number of fused-ring (bicyclic) bond motifs is 3. The molecule has 166 valence electrons. The van der Waals surface area contributed by atoms with Crippen LogP contribution >= 0.6 is 0 Å². The summed E-state index contributed by atoms with van der Waals surface area (Å²) >= 11 is 0. The van der Waals surface area contributed by atoms with E-state index in [1.165, 1.54) is 28.7 Å². The lowest BCUT2D eigenvalue weighted by Gasteiger charge is -2.51. The molecular weight excluding hydrogens is 384 g/mol. The van der Waals surface area contributed by atoms with Gasteiger partial charge >= 0.3 is 0 Å². The predicted molar refractivity (Wildman–Crippen MR) is 125 cm³/mol. The zero-order chi connectivity index (χ0) is 21.4. The third kappa shape index (κ3) is 4.51. The molecule has 2 aromatic rings. The van der Waals surface area contributed by atoms with E-state index in [2.05, 4.69) is 83.8 Å². The molecule has 0 saturated carbocycles. The van der Waals surface area contributed by atoms with E-state index in [1.807, 2.05) is 0 Å². The highest BCUT2D eigenvalue weighted by Crippen LogP contribution is 2.40. The van der Waals surface area contributed by atoms with Crippen molar-refractivity contribution < 1.29 is 4.74 Å². The highest BCUT2D eigenvalue weighted by Gasteiger charge is 2.42. The van der Waals surface area contributed by atoms with E-state index in [1.54, 1.807) is 0 Å². The molecule has 1 aliphatic carbocycles. The molecule has 2 saturated heterocycles. The summed E-state index contributed by atoms with van der Waals surface area (Å²) < 4.78 is 6.14. The molecule has 5 rings (SSSR count). The molecule has 3 aliphatic rings. The maximum Gasteiger partial charge on any atom is 0.120 e. The van der Waals surface area contributed by atoms with Gasteiger partial charge in [-0.15, -0.1) is 0 Å². The molecule has 4 atom stereocenters. The molecule has 4 unspecified atom stereocenters. The quantitative estimate of drug-likeness (QED) is 0.794. The van der Waals surface area contributed by atoms with Crippen LogP contribution < -0.4 is 15.4 Å². The van der Waals surface area contributed by atoms with Gasteiger partial charge in [-0.2, -0.15) is 0 Å². The number of nitrogens with one attached hydrogen (secondary N) is 2. The van der Waals surface area contributed by atoms with Gasteiger partial charge in [0.2, 0.25) is 0 Å². The topological polar surface area (TPSA) is 39.8 Å². The molecule has 2 fully saturated rings. The largest absolute Gasteiger partial charge is 0.489 e. The number of benzene rings is 2. The molecule has 0 radical (unpaired) electrons. The lowest BCUT2D eigenvalue weighted by atomic mass is 9.76. The summed E-state index contributed by atoms with van der Waals surface area (Å²) in [6, 6.07) is 15.7. The Labute approximate surface area is 186 Å². The van der Waals surface area contributed by atoms with Gasteiger partial charge in [-0.3, -0.25) is 15.5 Å². The van der Waals surface area contributed by atoms with Gasteiger partial charge in [0.25, 0.3) is 0 Å². The molecule has 0 bridgehead atoms. The van der Waals surface area contributed by atoms with Crippen LogP contribution in [0.5, 0.6) is 5.75 Å². The molecule has 2 heterocycles. The lowest BCUT2D eigenvalue weighted by molar-refractivity contribution is 0.00636. The van der Waals surface area contributed by atoms with E-state index in [0.29, 0.717) is 30.9 Å². The first-order chi connectivity index (χ1) is 15.1. The molecule has 2 aliphatic heterocycles. The number of rotatable bonds is 4. The van der Waals surface area contributed by atoms with Crippen molar-refractivity contribution in [3.05, 3.63) is 64.7 Å². The fraction of sp³-hybridized carbons (Fsp3) is 0.538. The van der Waals surface area contributed by atoms with Crippen molar-refractivity contribution in [2.75, 3.05) is 33.2 Å². The van der Waals surface area contributed by atoms with Crippen LogP contribution in [0.3, 0.4) is 0 Å². The molecular formula is C26H36N4O. The fourth-order valence-corrected chi connectivity index (χ4v) is 5.49. The summed E-state index contributed by atoms with van der Waals surface area (Å²) in [5.74, 6) is 1.59. The minimum absolute atomic E-state index is 0.314. The Morgan fingerprint density at radius 2 is 1.77 bits per heavy atom. The third-order valence-electron chi connectivity index (χ3n) is 7.34. The minimum atomic E-state index is 0.314. The zero-order valence-electron chi connectivity index (χ0n) is 19.1. The second kappa shape index (κ2) is 8.91. The Kier molecular flexibility index (Phi) is 6.02. The Morgan fingerprint density at radius 1 is 1.00 bits per heavy atom. The summed E-state index contributed by atoms with van der Waals surface area (Å²) in [7, 11) is 2.23. The summed E-state index contributed by atoms with van der Waals surface area (Å²) in [6.45, 7) is 9.63. The van der Waals surface area contributed by atoms with Gasteiger partial charge in [-0.1, -0.05) is 35.9 Å². The molecule has 2 N–H and O–H groups in total. The molecule has 0 spiro atoms. The molecule has 2 aromatic carbocycles. The number of likely N-dealkylation sites (N-methyl/N-ethyl adjacent to an activating group) is 1. The average molecular weight is 421 g/mol. The van der Waals surface area contributed by atoms with Crippen LogP contribution in [0.4, 0.5) is 0 Å². The first-order valence-corrected chi connectivity index (χ1v) is 11.8. The van der Waals surface area contributed by atoms with Crippen molar-refractivity contribution in [1.82, 2.24) is 20.4 Å². The molecule has 5 heteroatoms. The van der Waals surface area contributed by atoms with Crippen molar-refractivity contribution in [1.29, 1.82) is 0 Å². The number of hydrogen-bond donors (Lipinski definition) is 2. The van der Waals surface area contributed by atoms with Gasteiger partial charge in [0, 0.05) is 38.1 Å². The normalized spacial score (nSPS) is 29.3. The SMILES string of the molecule is Cc1ccc(COc2ccc3c(c2)CCC2C3NC(C)NC2N2CCN(C)CC2)cc1. The summed E-state index contributed by atoms with van der Waals surface area (Å²) in [6.07, 6.45) is 3.11. The van der Waals surface area contributed by atoms with Crippen LogP contribution in [0, 0.1) is 12.8 Å². The van der Waals surface area contributed by atoms with Crippen molar-refractivity contribution in [2.24, 2.45) is 5.92 Å². The first-order valence-electron chi connectivity index (χ1n) is 11.8. The van der Waals surface area contributed by atoms with E-state index in [-0.39, 0.29) is 0 Å². The number of hydrogen-bond acceptors (Lipinski definition) is 5. The van der Waals surface area contributed by atoms with E-state index >= 15 is 0 Å². The monoisotopic (exact) mass is 420 g/mol. The lowest BCUT2D eigenvalue weighted by Crippen LogP contribution is -2.67. The van der Waals surface area contributed by atoms with Gasteiger partial charge in [-0.05, 0) is 62.6 Å². The van der Waals surface area contributed by atoms with Crippen LogP contribution in [0.2, 0.25) is 0 Å². The van der Waals surface area contributed by atoms with Crippen LogP contribution in [-0.2, 0) is 13.0 Å². The number of nitrogens with zero attached hydrogens (tertiary/aromatic N) is 2. The molecule has 0 aromatic heterocycles. The highest BCUT2D eigenvalue weighted by atomic mass is 16.5. The number of aryl methyl sites for hydroxylation is 2. The second-order valence-corrected chi connectivity index (χ2v) is 9.65. The van der Waals surface area contributed by atoms with Crippen LogP contribution in [-0.4, -0.2) is 55.4 Å². The standard InChI is InChI=1S/C26H36N4O/c1-18-4-6-20(7-5-18)17-31-22-9-11-23-21(16-22)8-10-24-25(23)27-19(2)28-26(24)30-14-12-29(3)13-15-30/h4-7,9,11,16,19,24-28H,8,10,12-15,17H2,1-3H3. The predicted octanol–water partition coefficient (Wildman–Crippen LogP) is 3.29. The fourth-order valence-electron chi connectivity index (χ4n) is 5.49. The van der Waals surface area contributed by atoms with Gasteiger partial charge in [0.05, 0.1) is 12.3 Å². The Hall–Kier alpha value is -1.92. The van der Waals surface area contributed by atoms with E-state index < -0.39 is 0 Å². The van der Waals surface area contributed by atoms with Gasteiger partial charge < -0.3 is 9.64 Å². The summed E-state index contributed by atoms with van der Waals surface area (Å²) in [5, 5.41) is 7.70. The maximum atomic E-state index is 6.14. The third-order valence-corrected chi connectivity index (χ3v) is 7.34. The van der Waals surface area contributed by atoms with Gasteiger partial charge in [0.1, 0.15) is 12.4 Å². The number of ether oxygens (including phenoxy) is 1. The van der Waals surface area contributed by atoms with Gasteiger partial charge in [-0.25, -0.2) is 0 Å². The average Bonchev–Trinajstić information content (AvgIpc) is 2.78. The van der Waals surface area contributed by atoms with Crippen molar-refractivity contribution >= 4 is 0 Å². The Morgan fingerprint density at radius 3 is 2.55 bits per heavy atom. The van der Waals surface area contributed by atoms with Crippen LogP contribution in [0.25, 0.3) is 0 Å². The molecule has 0 amide bonds. The van der Waals surface area contributed by atoms with Crippen molar-refractivity contribution in [2.45, 2.75) is 51.7 Å². The number of piperazine rings is 1. The maximum absolute atomic E-state index is 6.14.